The molecule has 2 N–H and O–H groups in total. The number of amides is 1. The van der Waals surface area contributed by atoms with E-state index in [9.17, 15) is 4.79 Å². The summed E-state index contributed by atoms with van der Waals surface area (Å²) in [6.45, 7) is 6.04. The summed E-state index contributed by atoms with van der Waals surface area (Å²) in [4.78, 5) is 15.7. The van der Waals surface area contributed by atoms with Crippen molar-refractivity contribution in [2.75, 3.05) is 5.75 Å². The number of hydrogen-bond acceptors (Lipinski definition) is 4. The minimum Gasteiger partial charge on any atom is -0.353 e. The van der Waals surface area contributed by atoms with E-state index in [1.807, 2.05) is 20.8 Å². The van der Waals surface area contributed by atoms with Crippen LogP contribution in [0.25, 0.3) is 0 Å². The molecular weight excluding hydrogens is 224 g/mol. The maximum absolute atomic E-state index is 11.5. The van der Waals surface area contributed by atoms with Crippen molar-refractivity contribution >= 4 is 17.7 Å². The van der Waals surface area contributed by atoms with E-state index in [0.29, 0.717) is 10.9 Å². The number of aryl methyl sites for hydroxylation is 1. The average Bonchev–Trinajstić information content (AvgIpc) is 2.74. The number of nitrogens with one attached hydrogen (secondary N) is 2. The van der Waals surface area contributed by atoms with Gasteiger partial charge in [0.2, 0.25) is 11.1 Å². The number of aromatic nitrogens is 3. The fourth-order valence-corrected chi connectivity index (χ4v) is 1.68. The largest absolute Gasteiger partial charge is 0.353 e. The summed E-state index contributed by atoms with van der Waals surface area (Å²) in [6, 6.07) is 0.228. The van der Waals surface area contributed by atoms with Gasteiger partial charge in [-0.05, 0) is 13.3 Å². The van der Waals surface area contributed by atoms with Gasteiger partial charge >= 0.3 is 0 Å². The zero-order valence-corrected chi connectivity index (χ0v) is 10.7. The number of carbonyl (C=O) groups is 1. The van der Waals surface area contributed by atoms with Crippen LogP contribution in [0.5, 0.6) is 0 Å². The van der Waals surface area contributed by atoms with Gasteiger partial charge in [-0.2, -0.15) is 0 Å². The van der Waals surface area contributed by atoms with E-state index >= 15 is 0 Å². The molecule has 1 aromatic rings. The third kappa shape index (κ3) is 4.22. The maximum Gasteiger partial charge on any atom is 0.230 e. The van der Waals surface area contributed by atoms with Gasteiger partial charge < -0.3 is 5.32 Å². The van der Waals surface area contributed by atoms with Crippen molar-refractivity contribution in [3.63, 3.8) is 0 Å². The van der Waals surface area contributed by atoms with Gasteiger partial charge in [-0.1, -0.05) is 25.6 Å². The molecule has 1 rings (SSSR count). The lowest BCUT2D eigenvalue weighted by Crippen LogP contribution is -2.33. The van der Waals surface area contributed by atoms with Crippen molar-refractivity contribution in [3.8, 4) is 0 Å². The standard InChI is InChI=1S/C10H18N4OS/c1-4-7(3)11-9(15)6-16-10-12-8(5-2)13-14-10/h7H,4-6H2,1-3H3,(H,11,15)(H,12,13,14)/t7-/m0/s1. The van der Waals surface area contributed by atoms with Crippen LogP contribution < -0.4 is 5.32 Å². The molecule has 90 valence electrons. The summed E-state index contributed by atoms with van der Waals surface area (Å²) >= 11 is 1.35. The van der Waals surface area contributed by atoms with Gasteiger partial charge in [0.05, 0.1) is 5.75 Å². The van der Waals surface area contributed by atoms with Gasteiger partial charge in [-0.25, -0.2) is 4.98 Å². The van der Waals surface area contributed by atoms with Crippen molar-refractivity contribution in [3.05, 3.63) is 5.82 Å². The van der Waals surface area contributed by atoms with Crippen LogP contribution in [0.1, 0.15) is 33.0 Å². The number of carbonyl (C=O) groups excluding carboxylic acids is 1. The fourth-order valence-electron chi connectivity index (χ4n) is 1.05. The first-order chi connectivity index (χ1) is 7.65. The SMILES string of the molecule is CCc1nc(SCC(=O)N[C@@H](C)CC)n[nH]1. The minimum atomic E-state index is 0.0298. The van der Waals surface area contributed by atoms with Crippen LogP contribution >= 0.6 is 11.8 Å². The van der Waals surface area contributed by atoms with Crippen LogP contribution in [-0.4, -0.2) is 32.9 Å². The smallest absolute Gasteiger partial charge is 0.230 e. The molecule has 1 amide bonds. The molecule has 0 aromatic carbocycles. The van der Waals surface area contributed by atoms with Gasteiger partial charge in [0.1, 0.15) is 5.82 Å². The van der Waals surface area contributed by atoms with Gasteiger partial charge in [0, 0.05) is 12.5 Å². The van der Waals surface area contributed by atoms with Crippen molar-refractivity contribution < 1.29 is 4.79 Å². The Labute approximate surface area is 99.8 Å². The first kappa shape index (κ1) is 13.0. The van der Waals surface area contributed by atoms with Crippen LogP contribution in [0.4, 0.5) is 0 Å². The Morgan fingerprint density at radius 1 is 1.56 bits per heavy atom. The number of nitrogens with zero attached hydrogens (tertiary/aromatic N) is 2. The fraction of sp³-hybridized carbons (Fsp3) is 0.700. The molecule has 0 saturated heterocycles. The molecule has 16 heavy (non-hydrogen) atoms. The Hall–Kier alpha value is -1.04. The van der Waals surface area contributed by atoms with Gasteiger partial charge in [-0.3, -0.25) is 9.89 Å². The topological polar surface area (TPSA) is 70.7 Å². The molecule has 0 unspecified atom stereocenters. The highest BCUT2D eigenvalue weighted by Crippen LogP contribution is 2.11. The molecule has 1 aromatic heterocycles. The molecule has 5 nitrogen and oxygen atoms in total. The minimum absolute atomic E-state index is 0.0298. The summed E-state index contributed by atoms with van der Waals surface area (Å²) in [7, 11) is 0. The van der Waals surface area contributed by atoms with E-state index in [2.05, 4.69) is 20.5 Å². The highest BCUT2D eigenvalue weighted by molar-refractivity contribution is 7.99. The number of H-pyrrole nitrogens is 1. The second kappa shape index (κ2) is 6.52. The molecule has 0 aliphatic heterocycles. The van der Waals surface area contributed by atoms with Crippen molar-refractivity contribution in [1.82, 2.24) is 20.5 Å². The number of aromatic amines is 1. The van der Waals surface area contributed by atoms with Crippen LogP contribution in [0.3, 0.4) is 0 Å². The molecular formula is C10H18N4OS. The zero-order chi connectivity index (χ0) is 12.0. The first-order valence-corrected chi connectivity index (χ1v) is 6.47. The Kier molecular flexibility index (Phi) is 5.31. The molecule has 0 bridgehead atoms. The predicted molar refractivity (Wildman–Crippen MR) is 64.4 cm³/mol. The van der Waals surface area contributed by atoms with Gasteiger partial charge in [0.15, 0.2) is 0 Å². The van der Waals surface area contributed by atoms with Crippen molar-refractivity contribution in [2.45, 2.75) is 44.8 Å². The van der Waals surface area contributed by atoms with E-state index in [4.69, 9.17) is 0 Å². The van der Waals surface area contributed by atoms with E-state index in [0.717, 1.165) is 18.7 Å². The van der Waals surface area contributed by atoms with Gasteiger partial charge in [-0.15, -0.1) is 5.10 Å². The Balaban J connectivity index is 2.31. The Morgan fingerprint density at radius 3 is 2.88 bits per heavy atom. The van der Waals surface area contributed by atoms with Crippen LogP contribution in [-0.2, 0) is 11.2 Å². The number of thioether (sulfide) groups is 1. The average molecular weight is 242 g/mol. The molecule has 0 spiro atoms. The van der Waals surface area contributed by atoms with Crippen molar-refractivity contribution in [2.24, 2.45) is 0 Å². The van der Waals surface area contributed by atoms with Crippen LogP contribution in [0, 0.1) is 0 Å². The highest BCUT2D eigenvalue weighted by atomic mass is 32.2. The Morgan fingerprint density at radius 2 is 2.31 bits per heavy atom. The molecule has 0 fully saturated rings. The zero-order valence-electron chi connectivity index (χ0n) is 9.91. The first-order valence-electron chi connectivity index (χ1n) is 5.49. The molecule has 1 atom stereocenters. The number of rotatable bonds is 6. The second-order valence-electron chi connectivity index (χ2n) is 3.58. The summed E-state index contributed by atoms with van der Waals surface area (Å²) in [5, 5.41) is 10.4. The molecule has 0 radical (unpaired) electrons. The summed E-state index contributed by atoms with van der Waals surface area (Å²) in [6.07, 6.45) is 1.77. The lowest BCUT2D eigenvalue weighted by molar-refractivity contribution is -0.119. The quantitative estimate of drug-likeness (QED) is 0.739. The lowest BCUT2D eigenvalue weighted by atomic mass is 10.3. The summed E-state index contributed by atoms with van der Waals surface area (Å²) in [5.74, 6) is 1.25. The summed E-state index contributed by atoms with van der Waals surface area (Å²) < 4.78 is 0. The van der Waals surface area contributed by atoms with Gasteiger partial charge in [0.25, 0.3) is 0 Å². The van der Waals surface area contributed by atoms with E-state index in [-0.39, 0.29) is 11.9 Å². The van der Waals surface area contributed by atoms with Crippen LogP contribution in [0.15, 0.2) is 5.16 Å². The summed E-state index contributed by atoms with van der Waals surface area (Å²) in [5.41, 5.74) is 0. The normalized spacial score (nSPS) is 12.4. The molecule has 0 aliphatic carbocycles. The number of hydrogen-bond donors (Lipinski definition) is 2. The Bertz CT molecular complexity index is 339. The molecule has 1 heterocycles. The van der Waals surface area contributed by atoms with E-state index < -0.39 is 0 Å². The molecule has 6 heteroatoms. The van der Waals surface area contributed by atoms with Crippen LogP contribution in [0.2, 0.25) is 0 Å². The third-order valence-corrected chi connectivity index (χ3v) is 3.05. The third-order valence-electron chi connectivity index (χ3n) is 2.20. The molecule has 0 aliphatic rings. The molecule has 0 saturated carbocycles. The van der Waals surface area contributed by atoms with Crippen molar-refractivity contribution in [1.29, 1.82) is 0 Å². The monoisotopic (exact) mass is 242 g/mol. The van der Waals surface area contributed by atoms with E-state index in [1.165, 1.54) is 11.8 Å². The van der Waals surface area contributed by atoms with E-state index in [1.54, 1.807) is 0 Å². The highest BCUT2D eigenvalue weighted by Gasteiger charge is 2.08. The second-order valence-corrected chi connectivity index (χ2v) is 4.53. The predicted octanol–water partition coefficient (Wildman–Crippen LogP) is 1.37. The lowest BCUT2D eigenvalue weighted by Gasteiger charge is -2.09. The maximum atomic E-state index is 11.5.